The summed E-state index contributed by atoms with van der Waals surface area (Å²) in [7, 11) is -6.00. The van der Waals surface area contributed by atoms with E-state index in [0.29, 0.717) is 5.76 Å². The summed E-state index contributed by atoms with van der Waals surface area (Å²) in [6.45, 7) is 6.01. The van der Waals surface area contributed by atoms with Gasteiger partial charge in [-0.15, -0.1) is 0 Å². The molecule has 0 unspecified atom stereocenters. The van der Waals surface area contributed by atoms with E-state index in [4.69, 9.17) is 4.74 Å². The van der Waals surface area contributed by atoms with Crippen molar-refractivity contribution >= 4 is 56.2 Å². The first-order valence-electron chi connectivity index (χ1n) is 12.1. The van der Waals surface area contributed by atoms with Crippen LogP contribution < -0.4 is 0 Å². The SMILES string of the molecule is CC[N+](CC)=C1C=CC(=CC=C2C=C(c3ccc(Br)cc3)C=C(c3ccc(Br)cc3)O2)C(O)=C1.F[B-](F)(F)F. The molecule has 1 heterocycles. The van der Waals surface area contributed by atoms with Gasteiger partial charge in [-0.05, 0) is 79.6 Å². The van der Waals surface area contributed by atoms with E-state index in [1.165, 1.54) is 0 Å². The van der Waals surface area contributed by atoms with Gasteiger partial charge in [-0.1, -0.05) is 56.1 Å². The largest absolute Gasteiger partial charge is 0.673 e. The zero-order chi connectivity index (χ0) is 28.6. The van der Waals surface area contributed by atoms with Gasteiger partial charge in [-0.25, -0.2) is 4.58 Å². The third-order valence-electron chi connectivity index (χ3n) is 5.69. The minimum absolute atomic E-state index is 0.248. The van der Waals surface area contributed by atoms with Crippen molar-refractivity contribution in [1.82, 2.24) is 0 Å². The van der Waals surface area contributed by atoms with E-state index in [1.807, 2.05) is 72.9 Å². The monoisotopic (exact) mass is 665 g/mol. The summed E-state index contributed by atoms with van der Waals surface area (Å²) in [5.74, 6) is 1.72. The molecule has 2 aromatic carbocycles. The molecule has 204 valence electrons. The first-order chi connectivity index (χ1) is 18.5. The third kappa shape index (κ3) is 9.55. The highest BCUT2D eigenvalue weighted by molar-refractivity contribution is 9.10. The summed E-state index contributed by atoms with van der Waals surface area (Å²) in [6, 6.07) is 16.3. The summed E-state index contributed by atoms with van der Waals surface area (Å²) in [5, 5.41) is 10.6. The van der Waals surface area contributed by atoms with Gasteiger partial charge in [0.15, 0.2) is 0 Å². The van der Waals surface area contributed by atoms with Crippen LogP contribution in [0, 0.1) is 0 Å². The van der Waals surface area contributed by atoms with Crippen molar-refractivity contribution in [2.24, 2.45) is 0 Å². The van der Waals surface area contributed by atoms with Crippen LogP contribution in [-0.2, 0) is 4.74 Å². The Morgan fingerprint density at radius 2 is 1.33 bits per heavy atom. The van der Waals surface area contributed by atoms with E-state index in [0.717, 1.165) is 55.8 Å². The van der Waals surface area contributed by atoms with Crippen molar-refractivity contribution in [3.05, 3.63) is 128 Å². The molecule has 0 saturated heterocycles. The van der Waals surface area contributed by atoms with Gasteiger partial charge in [0.1, 0.15) is 30.4 Å². The van der Waals surface area contributed by atoms with Crippen molar-refractivity contribution < 1.29 is 31.7 Å². The molecular formula is C29H26BBr2F4NO2. The third-order valence-corrected chi connectivity index (χ3v) is 6.75. The predicted molar refractivity (Wildman–Crippen MR) is 158 cm³/mol. The lowest BCUT2D eigenvalue weighted by Crippen LogP contribution is -2.20. The lowest BCUT2D eigenvalue weighted by molar-refractivity contribution is -0.519. The normalized spacial score (nSPS) is 17.1. The van der Waals surface area contributed by atoms with E-state index >= 15 is 0 Å². The summed E-state index contributed by atoms with van der Waals surface area (Å²) < 4.78 is 49.5. The lowest BCUT2D eigenvalue weighted by atomic mass is 10.00. The fourth-order valence-corrected chi connectivity index (χ4v) is 4.33. The first-order valence-corrected chi connectivity index (χ1v) is 13.7. The Morgan fingerprint density at radius 1 is 0.795 bits per heavy atom. The topological polar surface area (TPSA) is 32.5 Å². The molecule has 0 radical (unpaired) electrons. The van der Waals surface area contributed by atoms with Crippen LogP contribution in [0.5, 0.6) is 0 Å². The smallest absolute Gasteiger partial charge is 0.507 e. The maximum absolute atomic E-state index is 10.6. The molecule has 2 aromatic rings. The highest BCUT2D eigenvalue weighted by atomic mass is 79.9. The van der Waals surface area contributed by atoms with Crippen molar-refractivity contribution in [3.63, 3.8) is 0 Å². The van der Waals surface area contributed by atoms with Gasteiger partial charge < -0.3 is 27.1 Å². The van der Waals surface area contributed by atoms with Crippen LogP contribution in [0.15, 0.2) is 117 Å². The summed E-state index contributed by atoms with van der Waals surface area (Å²) >= 11 is 7.01. The van der Waals surface area contributed by atoms with Crippen molar-refractivity contribution in [3.8, 4) is 0 Å². The Balaban J connectivity index is 0.000000771. The molecule has 2 aliphatic rings. The molecule has 4 rings (SSSR count). The van der Waals surface area contributed by atoms with Crippen LogP contribution in [0.25, 0.3) is 11.3 Å². The van der Waals surface area contributed by atoms with Crippen LogP contribution in [0.2, 0.25) is 0 Å². The molecular weight excluding hydrogens is 641 g/mol. The molecule has 0 aromatic heterocycles. The van der Waals surface area contributed by atoms with Crippen molar-refractivity contribution in [2.75, 3.05) is 13.1 Å². The van der Waals surface area contributed by atoms with Gasteiger partial charge in [-0.3, -0.25) is 0 Å². The molecule has 1 aliphatic carbocycles. The molecule has 1 N–H and O–H groups in total. The zero-order valence-electron chi connectivity index (χ0n) is 21.2. The number of aliphatic hydroxyl groups is 1. The van der Waals surface area contributed by atoms with Gasteiger partial charge in [0.2, 0.25) is 5.71 Å². The lowest BCUT2D eigenvalue weighted by Gasteiger charge is -2.18. The molecule has 0 amide bonds. The highest BCUT2D eigenvalue weighted by Gasteiger charge is 2.20. The summed E-state index contributed by atoms with van der Waals surface area (Å²) in [4.78, 5) is 0. The Labute approximate surface area is 242 Å². The minimum atomic E-state index is -6.00. The summed E-state index contributed by atoms with van der Waals surface area (Å²) in [6.07, 6.45) is 13.6. The number of nitrogens with zero attached hydrogens (tertiary/aromatic N) is 1. The number of aliphatic hydroxyl groups excluding tert-OH is 1. The van der Waals surface area contributed by atoms with E-state index in [2.05, 4.69) is 68.5 Å². The van der Waals surface area contributed by atoms with Crippen LogP contribution in [0.4, 0.5) is 17.3 Å². The fourth-order valence-electron chi connectivity index (χ4n) is 3.80. The van der Waals surface area contributed by atoms with Crippen molar-refractivity contribution in [2.45, 2.75) is 13.8 Å². The molecule has 0 atom stereocenters. The second-order valence-corrected chi connectivity index (χ2v) is 10.2. The molecule has 0 bridgehead atoms. The Morgan fingerprint density at radius 3 is 1.85 bits per heavy atom. The van der Waals surface area contributed by atoms with E-state index in [1.54, 1.807) is 0 Å². The van der Waals surface area contributed by atoms with Gasteiger partial charge in [-0.2, -0.15) is 0 Å². The predicted octanol–water partition coefficient (Wildman–Crippen LogP) is 9.28. The number of rotatable bonds is 5. The maximum atomic E-state index is 10.6. The average molecular weight is 667 g/mol. The number of halogens is 6. The number of benzene rings is 2. The number of hydrogen-bond acceptors (Lipinski definition) is 2. The Kier molecular flexibility index (Phi) is 10.8. The summed E-state index contributed by atoms with van der Waals surface area (Å²) in [5.41, 5.74) is 4.89. The Hall–Kier alpha value is -3.11. The van der Waals surface area contributed by atoms with Crippen molar-refractivity contribution in [1.29, 1.82) is 0 Å². The average Bonchev–Trinajstić information content (AvgIpc) is 2.88. The Bertz CT molecular complexity index is 1390. The van der Waals surface area contributed by atoms with Gasteiger partial charge in [0.25, 0.3) is 0 Å². The van der Waals surface area contributed by atoms with E-state index in [9.17, 15) is 22.4 Å². The van der Waals surface area contributed by atoms with Crippen LogP contribution in [-0.4, -0.2) is 35.7 Å². The number of ether oxygens (including phenoxy) is 1. The fraction of sp³-hybridized carbons (Fsp3) is 0.138. The van der Waals surface area contributed by atoms with Gasteiger partial charge in [0.05, 0.1) is 6.08 Å². The molecule has 0 spiro atoms. The molecule has 39 heavy (non-hydrogen) atoms. The second-order valence-electron chi connectivity index (χ2n) is 8.37. The first kappa shape index (κ1) is 30.4. The minimum Gasteiger partial charge on any atom is -0.507 e. The van der Waals surface area contributed by atoms with Crippen LogP contribution in [0.1, 0.15) is 25.0 Å². The zero-order valence-corrected chi connectivity index (χ0v) is 24.4. The van der Waals surface area contributed by atoms with E-state index < -0.39 is 7.25 Å². The number of hydrogen-bond donors (Lipinski definition) is 1. The van der Waals surface area contributed by atoms with E-state index in [-0.39, 0.29) is 5.76 Å². The molecule has 3 nitrogen and oxygen atoms in total. The van der Waals surface area contributed by atoms with Crippen LogP contribution >= 0.6 is 31.9 Å². The second kappa shape index (κ2) is 13.8. The quantitative estimate of drug-likeness (QED) is 0.196. The van der Waals surface area contributed by atoms with Gasteiger partial charge >= 0.3 is 7.25 Å². The van der Waals surface area contributed by atoms with Crippen LogP contribution in [0.3, 0.4) is 0 Å². The molecule has 0 saturated carbocycles. The maximum Gasteiger partial charge on any atom is 0.673 e. The molecule has 1 aliphatic heterocycles. The molecule has 10 heteroatoms. The van der Waals surface area contributed by atoms with Gasteiger partial charge in [0, 0.05) is 26.2 Å². The molecule has 0 fully saturated rings. The number of allylic oxidation sites excluding steroid dienone is 8. The highest BCUT2D eigenvalue weighted by Crippen LogP contribution is 2.33. The standard InChI is InChI=1S/C29H25Br2NO2.BF4/c1-3-32(4-2)26-15-9-21(28(33)19-26)10-16-27-17-23(20-5-11-24(30)12-6-20)18-29(34-27)22-7-13-25(31)14-8-22;2-1(3,4)5/h5-19H,3-4H2,1-2H3;/q;-1/p+1.